The van der Waals surface area contributed by atoms with Gasteiger partial charge in [-0.3, -0.25) is 10.2 Å². The van der Waals surface area contributed by atoms with Crippen LogP contribution in [0.3, 0.4) is 0 Å². The van der Waals surface area contributed by atoms with Gasteiger partial charge in [0.1, 0.15) is 5.84 Å². The van der Waals surface area contributed by atoms with Crippen molar-refractivity contribution < 1.29 is 9.53 Å². The molecule has 0 bridgehead atoms. The lowest BCUT2D eigenvalue weighted by Crippen LogP contribution is -2.46. The van der Waals surface area contributed by atoms with E-state index in [0.29, 0.717) is 43.5 Å². The number of fused-ring (bicyclic) bond motifs is 1. The fourth-order valence-electron chi connectivity index (χ4n) is 5.31. The molecule has 9 heteroatoms. The van der Waals surface area contributed by atoms with Crippen molar-refractivity contribution >= 4 is 28.8 Å². The number of aryl methyl sites for hydroxylation is 2. The Morgan fingerprint density at radius 2 is 2.08 bits per heavy atom. The third-order valence-electron chi connectivity index (χ3n) is 7.29. The molecule has 1 fully saturated rings. The van der Waals surface area contributed by atoms with Crippen LogP contribution in [-0.2, 0) is 16.0 Å². The van der Waals surface area contributed by atoms with Crippen LogP contribution in [0.1, 0.15) is 48.7 Å². The van der Waals surface area contributed by atoms with Gasteiger partial charge in [0.2, 0.25) is 5.91 Å². The quantitative estimate of drug-likeness (QED) is 0.482. The maximum absolute atomic E-state index is 12.2. The van der Waals surface area contributed by atoms with E-state index in [1.807, 2.05) is 29.0 Å². The van der Waals surface area contributed by atoms with Crippen molar-refractivity contribution in [3.05, 3.63) is 45.7 Å². The van der Waals surface area contributed by atoms with Gasteiger partial charge in [-0.2, -0.15) is 5.26 Å². The summed E-state index contributed by atoms with van der Waals surface area (Å²) in [6.45, 7) is 6.85. The molecule has 0 saturated carbocycles. The smallest absolute Gasteiger partial charge is 0.219 e. The van der Waals surface area contributed by atoms with Gasteiger partial charge in [0.25, 0.3) is 0 Å². The predicted octanol–water partition coefficient (Wildman–Crippen LogP) is 3.99. The fraction of sp³-hybridized carbons (Fsp3) is 0.481. The topological polar surface area (TPSA) is 105 Å². The number of nitriles is 1. The highest BCUT2D eigenvalue weighted by molar-refractivity contribution is 7.15. The molecule has 3 aliphatic heterocycles. The zero-order valence-electron chi connectivity index (χ0n) is 20.9. The van der Waals surface area contributed by atoms with Gasteiger partial charge in [-0.15, -0.1) is 11.3 Å². The summed E-state index contributed by atoms with van der Waals surface area (Å²) in [6.07, 6.45) is 6.26. The Labute approximate surface area is 216 Å². The predicted molar refractivity (Wildman–Crippen MR) is 141 cm³/mol. The van der Waals surface area contributed by atoms with Crippen LogP contribution in [0, 0.1) is 23.7 Å². The number of hydrogen-bond donors (Lipinski definition) is 2. The van der Waals surface area contributed by atoms with Crippen LogP contribution in [0.2, 0.25) is 0 Å². The molecule has 8 nitrogen and oxygen atoms in total. The van der Waals surface area contributed by atoms with E-state index in [1.165, 1.54) is 0 Å². The lowest BCUT2D eigenvalue weighted by molar-refractivity contribution is -0.128. The number of thiazole rings is 1. The van der Waals surface area contributed by atoms with Gasteiger partial charge in [-0.1, -0.05) is 0 Å². The molecule has 3 aliphatic rings. The average molecular weight is 505 g/mol. The Kier molecular flexibility index (Phi) is 7.08. The SMILES string of the molecule is CC(=O)N1CCC(NC2CCOCC2)=C(C(=N)N2CCCc3cc(-c4cnc(C)s4)c(C#N)cc32)C1. The van der Waals surface area contributed by atoms with Crippen LogP contribution in [0.5, 0.6) is 0 Å². The van der Waals surface area contributed by atoms with Gasteiger partial charge in [0, 0.05) is 74.4 Å². The summed E-state index contributed by atoms with van der Waals surface area (Å²) in [4.78, 5) is 21.5. The van der Waals surface area contributed by atoms with Crippen molar-refractivity contribution in [2.45, 2.75) is 52.0 Å². The van der Waals surface area contributed by atoms with Crippen LogP contribution in [0.15, 0.2) is 29.6 Å². The van der Waals surface area contributed by atoms with Crippen molar-refractivity contribution in [1.29, 1.82) is 10.7 Å². The third-order valence-corrected chi connectivity index (χ3v) is 8.24. The summed E-state index contributed by atoms with van der Waals surface area (Å²) < 4.78 is 5.52. The van der Waals surface area contributed by atoms with Gasteiger partial charge in [0.15, 0.2) is 0 Å². The number of nitrogens with zero attached hydrogens (tertiary/aromatic N) is 4. The lowest BCUT2D eigenvalue weighted by atomic mass is 9.93. The number of aromatic nitrogens is 1. The third kappa shape index (κ3) is 4.88. The summed E-state index contributed by atoms with van der Waals surface area (Å²) in [5, 5.41) is 24.0. The highest BCUT2D eigenvalue weighted by Crippen LogP contribution is 2.37. The fourth-order valence-corrected chi connectivity index (χ4v) is 6.12. The van der Waals surface area contributed by atoms with Crippen LogP contribution in [0.4, 0.5) is 5.69 Å². The molecule has 2 N–H and O–H groups in total. The van der Waals surface area contributed by atoms with Crippen molar-refractivity contribution in [2.24, 2.45) is 0 Å². The Morgan fingerprint density at radius 3 is 2.78 bits per heavy atom. The van der Waals surface area contributed by atoms with Gasteiger partial charge >= 0.3 is 0 Å². The number of carbonyl (C=O) groups is 1. The largest absolute Gasteiger partial charge is 0.385 e. The second-order valence-corrected chi connectivity index (χ2v) is 10.9. The van der Waals surface area contributed by atoms with E-state index in [4.69, 9.17) is 4.74 Å². The minimum atomic E-state index is 0.0284. The Balaban J connectivity index is 1.50. The number of nitrogens with one attached hydrogen (secondary N) is 2. The zero-order valence-corrected chi connectivity index (χ0v) is 21.7. The first-order valence-electron chi connectivity index (χ1n) is 12.6. The van der Waals surface area contributed by atoms with E-state index < -0.39 is 0 Å². The first-order valence-corrected chi connectivity index (χ1v) is 13.4. The van der Waals surface area contributed by atoms with Gasteiger partial charge < -0.3 is 19.9 Å². The Hall–Kier alpha value is -3.22. The van der Waals surface area contributed by atoms with Gasteiger partial charge in [-0.05, 0) is 50.3 Å². The summed E-state index contributed by atoms with van der Waals surface area (Å²) in [5.41, 5.74) is 5.51. The Bertz CT molecular complexity index is 1250. The maximum atomic E-state index is 12.2. The molecule has 5 rings (SSSR count). The number of anilines is 1. The van der Waals surface area contributed by atoms with E-state index in [9.17, 15) is 15.5 Å². The van der Waals surface area contributed by atoms with Crippen molar-refractivity contribution in [2.75, 3.05) is 37.7 Å². The van der Waals surface area contributed by atoms with Crippen molar-refractivity contribution in [3.8, 4) is 16.5 Å². The number of benzene rings is 1. The number of amidine groups is 1. The van der Waals surface area contributed by atoms with E-state index in [1.54, 1.807) is 18.3 Å². The van der Waals surface area contributed by atoms with E-state index >= 15 is 0 Å². The van der Waals surface area contributed by atoms with Gasteiger partial charge in [0.05, 0.1) is 28.1 Å². The minimum absolute atomic E-state index is 0.0284. The van der Waals surface area contributed by atoms with E-state index in [-0.39, 0.29) is 5.91 Å². The standard InChI is InChI=1S/C27H32N6O2S/c1-17-30-15-26(36-17)22-12-19-4-3-8-33(25(19)13-20(22)14-28)27(29)23-16-32(18(2)34)9-5-24(23)31-21-6-10-35-11-7-21/h12-13,15,21,29,31H,3-11,16H2,1-2H3. The summed E-state index contributed by atoms with van der Waals surface area (Å²) in [7, 11) is 0. The second-order valence-electron chi connectivity index (χ2n) is 9.66. The lowest BCUT2D eigenvalue weighted by Gasteiger charge is -2.38. The molecule has 0 atom stereocenters. The molecule has 1 aromatic heterocycles. The molecule has 0 radical (unpaired) electrons. The second kappa shape index (κ2) is 10.4. The highest BCUT2D eigenvalue weighted by Gasteiger charge is 2.31. The van der Waals surface area contributed by atoms with Gasteiger partial charge in [-0.25, -0.2) is 4.98 Å². The summed E-state index contributed by atoms with van der Waals surface area (Å²) >= 11 is 1.59. The molecule has 36 heavy (non-hydrogen) atoms. The van der Waals surface area contributed by atoms with Crippen LogP contribution in [0.25, 0.3) is 10.4 Å². The minimum Gasteiger partial charge on any atom is -0.385 e. The summed E-state index contributed by atoms with van der Waals surface area (Å²) in [5.74, 6) is 0.447. The molecule has 188 valence electrons. The monoisotopic (exact) mass is 504 g/mol. The maximum Gasteiger partial charge on any atom is 0.219 e. The Morgan fingerprint density at radius 1 is 1.28 bits per heavy atom. The van der Waals surface area contributed by atoms with Crippen molar-refractivity contribution in [3.63, 3.8) is 0 Å². The van der Waals surface area contributed by atoms with Crippen LogP contribution >= 0.6 is 11.3 Å². The molecule has 4 heterocycles. The first-order chi connectivity index (χ1) is 17.4. The average Bonchev–Trinajstić information content (AvgIpc) is 3.33. The molecule has 1 saturated heterocycles. The van der Waals surface area contributed by atoms with Crippen molar-refractivity contribution in [1.82, 2.24) is 15.2 Å². The molecular formula is C27H32N6O2S. The molecule has 1 aromatic carbocycles. The normalized spacial score (nSPS) is 18.6. The zero-order chi connectivity index (χ0) is 25.2. The van der Waals surface area contributed by atoms with Crippen LogP contribution < -0.4 is 10.2 Å². The number of hydrogen-bond acceptors (Lipinski definition) is 7. The first kappa shape index (κ1) is 24.5. The number of amides is 1. The summed E-state index contributed by atoms with van der Waals surface area (Å²) in [6, 6.07) is 6.74. The molecular weight excluding hydrogens is 472 g/mol. The number of ether oxygens (including phenoxy) is 1. The molecule has 1 amide bonds. The molecule has 0 aliphatic carbocycles. The van der Waals surface area contributed by atoms with Crippen LogP contribution in [-0.4, -0.2) is 60.5 Å². The number of carbonyl (C=O) groups excluding carboxylic acids is 1. The number of rotatable bonds is 4. The molecule has 0 spiro atoms. The molecule has 0 unspecified atom stereocenters. The van der Waals surface area contributed by atoms with E-state index in [0.717, 1.165) is 76.9 Å². The highest BCUT2D eigenvalue weighted by atomic mass is 32.1. The molecule has 2 aromatic rings. The van der Waals surface area contributed by atoms with E-state index in [2.05, 4.69) is 22.4 Å².